The van der Waals surface area contributed by atoms with Crippen LogP contribution in [0.25, 0.3) is 0 Å². The fraction of sp³-hybridized carbons (Fsp3) is 0.974. The largest absolute Gasteiger partial charge is 0.394 e. The number of hydrogen-bond acceptors (Lipinski definition) is 30. The molecule has 30 atom stereocenters. The predicted molar refractivity (Wildman–Crippen MR) is 209 cm³/mol. The number of carbonyl (C=O) groups is 1. The quantitative estimate of drug-likeness (QED) is 0.0682. The van der Waals surface area contributed by atoms with Crippen LogP contribution in [0, 0.1) is 0 Å². The molecule has 6 aliphatic heterocycles. The summed E-state index contributed by atoms with van der Waals surface area (Å²) in [7, 11) is 0. The van der Waals surface area contributed by atoms with Gasteiger partial charge in [0.2, 0.25) is 5.91 Å². The Bertz CT molecular complexity index is 1610. The van der Waals surface area contributed by atoms with Crippen molar-refractivity contribution in [2.75, 3.05) is 33.0 Å². The summed E-state index contributed by atoms with van der Waals surface area (Å²) >= 11 is 0. The maximum atomic E-state index is 12.9. The van der Waals surface area contributed by atoms with Gasteiger partial charge in [-0.05, 0) is 6.92 Å². The standard InChI is InChI=1S/C38H65NO30/c1-8-16(45)20(49)25(54)35(60-8)68-31-15(39-9(2)44)34(64-13(6-43)30(31)67-36-26(55)21(50)17(46)10(3-40)62-36)59-7-14-19(48)32(69-37-27(56)22(51)18(47)11(4-41)63-37)28(57)38(65-14)66-29-12(5-42)61-33(58)24(53)23(29)52/h8,10-38,40-43,45-58H,3-7H2,1-2H3,(H,39,44)/t8-,10+,11+,12+,13+,14+,15+,16+,17-,18-,19-,20+,21-,22-,23+,24+,25-,26+,27+,28+,29+,30+,31+,32-,33+,34+,35-,36-,37-,38-/m0/s1. The zero-order valence-corrected chi connectivity index (χ0v) is 36.8. The molecule has 6 rings (SSSR count). The summed E-state index contributed by atoms with van der Waals surface area (Å²) in [6, 6.07) is -1.72. The van der Waals surface area contributed by atoms with Gasteiger partial charge >= 0.3 is 0 Å². The Labute approximate surface area is 390 Å². The number of hydrogen-bond donors (Lipinski definition) is 19. The van der Waals surface area contributed by atoms with Gasteiger partial charge in [-0.1, -0.05) is 0 Å². The van der Waals surface area contributed by atoms with Crippen molar-refractivity contribution < 1.29 is 149 Å². The van der Waals surface area contributed by atoms with Crippen LogP contribution in [-0.2, 0) is 56.9 Å². The van der Waals surface area contributed by atoms with Crippen molar-refractivity contribution in [2.45, 2.75) is 198 Å². The van der Waals surface area contributed by atoms with Gasteiger partial charge in [0, 0.05) is 6.92 Å². The third-order valence-corrected chi connectivity index (χ3v) is 12.8. The molecule has 31 nitrogen and oxygen atoms in total. The summed E-state index contributed by atoms with van der Waals surface area (Å²) in [5, 5.41) is 193. The molecule has 69 heavy (non-hydrogen) atoms. The summed E-state index contributed by atoms with van der Waals surface area (Å²) < 4.78 is 63.2. The molecule has 6 heterocycles. The first-order valence-corrected chi connectivity index (χ1v) is 22.0. The van der Waals surface area contributed by atoms with E-state index in [4.69, 9.17) is 52.1 Å². The second-order valence-corrected chi connectivity index (χ2v) is 17.5. The number of amides is 1. The highest BCUT2D eigenvalue weighted by atomic mass is 16.8. The lowest BCUT2D eigenvalue weighted by molar-refractivity contribution is -0.387. The van der Waals surface area contributed by atoms with Gasteiger partial charge < -0.3 is 149 Å². The van der Waals surface area contributed by atoms with Gasteiger partial charge in [-0.2, -0.15) is 0 Å². The number of nitrogens with one attached hydrogen (secondary N) is 1. The van der Waals surface area contributed by atoms with Gasteiger partial charge in [-0.15, -0.1) is 0 Å². The molecular formula is C38H65NO30. The highest BCUT2D eigenvalue weighted by Crippen LogP contribution is 2.36. The molecule has 6 aliphatic rings. The summed E-state index contributed by atoms with van der Waals surface area (Å²) in [4.78, 5) is 12.9. The maximum Gasteiger partial charge on any atom is 0.217 e. The van der Waals surface area contributed by atoms with Crippen LogP contribution in [0.4, 0.5) is 0 Å². The molecule has 0 saturated carbocycles. The highest BCUT2D eigenvalue weighted by Gasteiger charge is 2.57. The molecule has 0 spiro atoms. The lowest BCUT2D eigenvalue weighted by Gasteiger charge is -2.50. The lowest BCUT2D eigenvalue weighted by atomic mass is 9.94. The smallest absolute Gasteiger partial charge is 0.217 e. The number of rotatable bonds is 16. The first kappa shape index (κ1) is 56.6. The van der Waals surface area contributed by atoms with Gasteiger partial charge in [-0.25, -0.2) is 0 Å². The fourth-order valence-corrected chi connectivity index (χ4v) is 8.75. The van der Waals surface area contributed by atoms with Crippen molar-refractivity contribution in [2.24, 2.45) is 0 Å². The van der Waals surface area contributed by atoms with E-state index in [1.54, 1.807) is 0 Å². The Kier molecular flexibility index (Phi) is 19.8. The van der Waals surface area contributed by atoms with Crippen LogP contribution in [0.2, 0.25) is 0 Å². The average Bonchev–Trinajstić information content (AvgIpc) is 3.32. The fourth-order valence-electron chi connectivity index (χ4n) is 8.75. The van der Waals surface area contributed by atoms with Crippen LogP contribution in [0.5, 0.6) is 0 Å². The van der Waals surface area contributed by atoms with E-state index in [1.807, 2.05) is 0 Å². The van der Waals surface area contributed by atoms with Crippen LogP contribution in [0.15, 0.2) is 0 Å². The van der Waals surface area contributed by atoms with Crippen molar-refractivity contribution in [3.05, 3.63) is 0 Å². The molecule has 6 fully saturated rings. The van der Waals surface area contributed by atoms with E-state index in [1.165, 1.54) is 6.92 Å². The average molecular weight is 1020 g/mol. The summed E-state index contributed by atoms with van der Waals surface area (Å²) in [5.41, 5.74) is 0. The van der Waals surface area contributed by atoms with E-state index >= 15 is 0 Å². The molecule has 0 unspecified atom stereocenters. The van der Waals surface area contributed by atoms with Crippen molar-refractivity contribution in [3.8, 4) is 0 Å². The minimum absolute atomic E-state index is 0.841. The minimum Gasteiger partial charge on any atom is -0.394 e. The SMILES string of the molecule is CC(=O)N[C@H]1[C@H](OC[C@H]2O[C@@H](O[C@H]3[C@H](O)[C@@H](O)[C@H](O)O[C@@H]3CO)[C@H](O)[C@@H](O[C@@H]3O[C@H](CO)[C@H](O)[C@H](O)[C@H]3O)[C@H]2O)O[C@H](CO)[C@@H](O[C@@H]2O[C@H](CO)[C@H](O)[C@H](O)[C@H]2O)[C@@H]1O[C@@H]1O[C@@H](C)[C@@H](O)[C@@H](O)[C@@H]1O. The normalized spacial score (nSPS) is 52.1. The lowest BCUT2D eigenvalue weighted by Crippen LogP contribution is -2.70. The second-order valence-electron chi connectivity index (χ2n) is 17.5. The van der Waals surface area contributed by atoms with Gasteiger partial charge in [0.1, 0.15) is 140 Å². The summed E-state index contributed by atoms with van der Waals surface area (Å²) in [5.74, 6) is -0.841. The van der Waals surface area contributed by atoms with Crippen LogP contribution in [0.3, 0.4) is 0 Å². The molecule has 19 N–H and O–H groups in total. The monoisotopic (exact) mass is 1020 g/mol. The van der Waals surface area contributed by atoms with Crippen LogP contribution < -0.4 is 5.32 Å². The summed E-state index contributed by atoms with van der Waals surface area (Å²) in [6.07, 6.45) is -54.6. The molecule has 1 amide bonds. The van der Waals surface area contributed by atoms with E-state index in [9.17, 15) is 96.7 Å². The number of aliphatic hydroxyl groups excluding tert-OH is 18. The van der Waals surface area contributed by atoms with Gasteiger partial charge in [0.15, 0.2) is 37.7 Å². The van der Waals surface area contributed by atoms with Crippen LogP contribution in [-0.4, -0.2) is 315 Å². The zero-order valence-electron chi connectivity index (χ0n) is 36.8. The molecule has 0 aromatic rings. The molecule has 0 bridgehead atoms. The van der Waals surface area contributed by atoms with Crippen LogP contribution >= 0.6 is 0 Å². The predicted octanol–water partition coefficient (Wildman–Crippen LogP) is -12.9. The molecule has 402 valence electrons. The minimum atomic E-state index is -2.20. The first-order valence-electron chi connectivity index (χ1n) is 22.0. The number of aliphatic hydroxyl groups is 18. The van der Waals surface area contributed by atoms with Gasteiger partial charge in [-0.3, -0.25) is 4.79 Å². The molecule has 0 radical (unpaired) electrons. The van der Waals surface area contributed by atoms with Crippen molar-refractivity contribution >= 4 is 5.91 Å². The van der Waals surface area contributed by atoms with E-state index in [-0.39, 0.29) is 0 Å². The second kappa shape index (κ2) is 24.1. The Hall–Kier alpha value is -1.69. The van der Waals surface area contributed by atoms with E-state index in [0.29, 0.717) is 0 Å². The number of carbonyl (C=O) groups excluding carboxylic acids is 1. The Balaban J connectivity index is 1.32. The third kappa shape index (κ3) is 12.0. The zero-order chi connectivity index (χ0) is 50.9. The Morgan fingerprint density at radius 2 is 0.826 bits per heavy atom. The van der Waals surface area contributed by atoms with E-state index < -0.39 is 223 Å². The highest BCUT2D eigenvalue weighted by molar-refractivity contribution is 5.73. The third-order valence-electron chi connectivity index (χ3n) is 12.8. The van der Waals surface area contributed by atoms with Crippen molar-refractivity contribution in [1.29, 1.82) is 0 Å². The van der Waals surface area contributed by atoms with Crippen molar-refractivity contribution in [3.63, 3.8) is 0 Å². The molecule has 0 aromatic heterocycles. The molecule has 0 aromatic carbocycles. The molecule has 31 heteroatoms. The van der Waals surface area contributed by atoms with Gasteiger partial charge in [0.25, 0.3) is 0 Å². The number of ether oxygens (including phenoxy) is 11. The summed E-state index contributed by atoms with van der Waals surface area (Å²) in [6.45, 7) is -2.40. The Morgan fingerprint density at radius 1 is 0.406 bits per heavy atom. The van der Waals surface area contributed by atoms with Crippen LogP contribution in [0.1, 0.15) is 13.8 Å². The topological polar surface area (TPSA) is 495 Å². The first-order chi connectivity index (χ1) is 32.6. The Morgan fingerprint density at radius 3 is 1.35 bits per heavy atom. The maximum absolute atomic E-state index is 12.9. The molecule has 6 saturated heterocycles. The molecular weight excluding hydrogens is 950 g/mol. The molecule has 0 aliphatic carbocycles. The van der Waals surface area contributed by atoms with E-state index in [0.717, 1.165) is 6.92 Å². The van der Waals surface area contributed by atoms with E-state index in [2.05, 4.69) is 5.32 Å². The van der Waals surface area contributed by atoms with Crippen molar-refractivity contribution in [1.82, 2.24) is 5.32 Å². The van der Waals surface area contributed by atoms with Gasteiger partial charge in [0.05, 0.1) is 39.1 Å².